The molecular weight excluding hydrogens is 480 g/mol. The van der Waals surface area contributed by atoms with Crippen LogP contribution >= 0.6 is 0 Å². The summed E-state index contributed by atoms with van der Waals surface area (Å²) < 4.78 is 17.2. The van der Waals surface area contributed by atoms with Crippen molar-refractivity contribution in [2.24, 2.45) is 0 Å². The van der Waals surface area contributed by atoms with Gasteiger partial charge in [0.25, 0.3) is 0 Å². The number of ether oxygens (including phenoxy) is 3. The summed E-state index contributed by atoms with van der Waals surface area (Å²) in [4.78, 5) is 25.8. The molecule has 0 radical (unpaired) electrons. The molecule has 0 bridgehead atoms. The van der Waals surface area contributed by atoms with Crippen LogP contribution in [0.4, 0.5) is 5.69 Å². The Bertz CT molecular complexity index is 1430. The fourth-order valence-electron chi connectivity index (χ4n) is 5.92. The predicted molar refractivity (Wildman–Crippen MR) is 148 cm³/mol. The lowest BCUT2D eigenvalue weighted by molar-refractivity contribution is -0.119. The first-order valence-electron chi connectivity index (χ1n) is 13.1. The minimum Gasteiger partial charge on any atom is -0.493 e. The van der Waals surface area contributed by atoms with Gasteiger partial charge in [0.2, 0.25) is 17.1 Å². The van der Waals surface area contributed by atoms with E-state index in [2.05, 4.69) is 28.8 Å². The van der Waals surface area contributed by atoms with E-state index in [-0.39, 0.29) is 23.4 Å². The standard InChI is InChI=1S/C31H34N2O5/c1-18(34)32-25-14-12-20-16-28(36-2)30(37-3)31(38-4)29(20)22-13-15-26(27(35)17-23(22)25)33-24-11-7-9-19-8-5-6-10-21(19)24/h5-6,8,10,13,15-17,24-25H,7,9,11-12,14H2,1-4H3,(H,32,34)(H,33,35)/t24-,25+/m1/s1. The van der Waals surface area contributed by atoms with Gasteiger partial charge in [0.1, 0.15) is 0 Å². The molecule has 3 aromatic carbocycles. The number of methoxy groups -OCH3 is 3. The SMILES string of the molecule is COc1cc2c(c(OC)c1OC)-c1ccc(N[C@@H]3CCCc4ccccc43)c(=O)cc1[C@@H](NC(C)=O)CC2. The zero-order valence-corrected chi connectivity index (χ0v) is 22.4. The predicted octanol–water partition coefficient (Wildman–Crippen LogP) is 5.35. The minimum absolute atomic E-state index is 0.0622. The highest BCUT2D eigenvalue weighted by Crippen LogP contribution is 2.50. The van der Waals surface area contributed by atoms with Crippen LogP contribution in [0.3, 0.4) is 0 Å². The van der Waals surface area contributed by atoms with Crippen molar-refractivity contribution in [1.82, 2.24) is 5.32 Å². The van der Waals surface area contributed by atoms with E-state index >= 15 is 0 Å². The fraction of sp³-hybridized carbons (Fsp3) is 0.355. The lowest BCUT2D eigenvalue weighted by Crippen LogP contribution is -2.26. The third kappa shape index (κ3) is 4.69. The van der Waals surface area contributed by atoms with Crippen LogP contribution in [0.5, 0.6) is 17.2 Å². The molecule has 2 aliphatic rings. The van der Waals surface area contributed by atoms with E-state index in [0.717, 1.165) is 41.5 Å². The molecule has 0 unspecified atom stereocenters. The number of nitrogens with one attached hydrogen (secondary N) is 2. The maximum Gasteiger partial charge on any atom is 0.217 e. The molecule has 0 spiro atoms. The lowest BCUT2D eigenvalue weighted by Gasteiger charge is -2.26. The highest BCUT2D eigenvalue weighted by atomic mass is 16.5. The first kappa shape index (κ1) is 25.6. The van der Waals surface area contributed by atoms with Crippen LogP contribution in [0, 0.1) is 0 Å². The molecule has 198 valence electrons. The van der Waals surface area contributed by atoms with Gasteiger partial charge in [-0.1, -0.05) is 30.3 Å². The van der Waals surface area contributed by atoms with E-state index in [1.54, 1.807) is 27.4 Å². The first-order chi connectivity index (χ1) is 18.4. The van der Waals surface area contributed by atoms with Crippen molar-refractivity contribution in [3.05, 3.63) is 81.0 Å². The van der Waals surface area contributed by atoms with E-state index in [0.29, 0.717) is 35.8 Å². The molecule has 0 saturated carbocycles. The van der Waals surface area contributed by atoms with Crippen molar-refractivity contribution in [2.75, 3.05) is 26.6 Å². The van der Waals surface area contributed by atoms with Gasteiger partial charge in [-0.15, -0.1) is 0 Å². The highest BCUT2D eigenvalue weighted by Gasteiger charge is 2.30. The van der Waals surface area contributed by atoms with E-state index in [9.17, 15) is 9.59 Å². The summed E-state index contributed by atoms with van der Waals surface area (Å²) in [6, 6.07) is 15.6. The summed E-state index contributed by atoms with van der Waals surface area (Å²) in [7, 11) is 4.78. The number of rotatable bonds is 6. The lowest BCUT2D eigenvalue weighted by atomic mass is 9.87. The molecule has 5 rings (SSSR count). The van der Waals surface area contributed by atoms with Crippen LogP contribution < -0.4 is 30.3 Å². The molecule has 2 atom stereocenters. The van der Waals surface area contributed by atoms with Crippen LogP contribution in [-0.4, -0.2) is 27.2 Å². The number of amides is 1. The van der Waals surface area contributed by atoms with E-state index in [1.807, 2.05) is 24.3 Å². The van der Waals surface area contributed by atoms with Gasteiger partial charge in [0.05, 0.1) is 39.1 Å². The summed E-state index contributed by atoms with van der Waals surface area (Å²) in [6.07, 6.45) is 4.36. The monoisotopic (exact) mass is 514 g/mol. The summed E-state index contributed by atoms with van der Waals surface area (Å²) in [5, 5.41) is 6.60. The Morgan fingerprint density at radius 2 is 1.63 bits per heavy atom. The van der Waals surface area contributed by atoms with Crippen LogP contribution in [-0.2, 0) is 17.6 Å². The third-order valence-corrected chi connectivity index (χ3v) is 7.62. The maximum absolute atomic E-state index is 13.7. The zero-order valence-electron chi connectivity index (χ0n) is 22.4. The Morgan fingerprint density at radius 3 is 2.37 bits per heavy atom. The van der Waals surface area contributed by atoms with E-state index < -0.39 is 0 Å². The number of fused-ring (bicyclic) bond motifs is 4. The third-order valence-electron chi connectivity index (χ3n) is 7.62. The zero-order chi connectivity index (χ0) is 26.8. The Balaban J connectivity index is 1.69. The molecule has 0 aromatic heterocycles. The molecule has 2 N–H and O–H groups in total. The summed E-state index contributed by atoms with van der Waals surface area (Å²) in [5.41, 5.74) is 6.40. The van der Waals surface area contributed by atoms with Crippen molar-refractivity contribution >= 4 is 11.6 Å². The normalized spacial score (nSPS) is 17.7. The number of anilines is 1. The Hall–Kier alpha value is -4.00. The number of benzene rings is 2. The van der Waals surface area contributed by atoms with Gasteiger partial charge < -0.3 is 24.8 Å². The molecule has 38 heavy (non-hydrogen) atoms. The molecule has 3 aromatic rings. The molecule has 0 saturated heterocycles. The van der Waals surface area contributed by atoms with Crippen molar-refractivity contribution < 1.29 is 19.0 Å². The van der Waals surface area contributed by atoms with E-state index in [4.69, 9.17) is 14.2 Å². The average Bonchev–Trinajstić information content (AvgIpc) is 3.16. The van der Waals surface area contributed by atoms with Gasteiger partial charge in [-0.25, -0.2) is 0 Å². The Kier molecular flexibility index (Phi) is 7.27. The van der Waals surface area contributed by atoms with E-state index in [1.165, 1.54) is 18.1 Å². The molecule has 7 nitrogen and oxygen atoms in total. The van der Waals surface area contributed by atoms with Gasteiger partial charge in [0, 0.05) is 12.5 Å². The minimum atomic E-state index is -0.333. The van der Waals surface area contributed by atoms with Gasteiger partial charge in [0.15, 0.2) is 11.5 Å². The number of carbonyl (C=O) groups is 1. The maximum atomic E-state index is 13.7. The van der Waals surface area contributed by atoms with Gasteiger partial charge in [-0.3, -0.25) is 9.59 Å². The second kappa shape index (κ2) is 10.8. The fourth-order valence-corrected chi connectivity index (χ4v) is 5.92. The summed E-state index contributed by atoms with van der Waals surface area (Å²) >= 11 is 0. The highest BCUT2D eigenvalue weighted by molar-refractivity contribution is 5.83. The summed E-state index contributed by atoms with van der Waals surface area (Å²) in [5.74, 6) is 1.46. The second-order valence-corrected chi connectivity index (χ2v) is 9.88. The van der Waals surface area contributed by atoms with Crippen molar-refractivity contribution in [3.8, 4) is 28.4 Å². The first-order valence-corrected chi connectivity index (χ1v) is 13.1. The largest absolute Gasteiger partial charge is 0.493 e. The number of hydrogen-bond donors (Lipinski definition) is 2. The molecule has 7 heteroatoms. The quantitative estimate of drug-likeness (QED) is 0.461. The van der Waals surface area contributed by atoms with Crippen molar-refractivity contribution in [2.45, 2.75) is 51.1 Å². The number of carbonyl (C=O) groups excluding carboxylic acids is 1. The van der Waals surface area contributed by atoms with Gasteiger partial charge in [-0.2, -0.15) is 0 Å². The van der Waals surface area contributed by atoms with Gasteiger partial charge in [-0.05, 0) is 78.1 Å². The molecule has 0 fully saturated rings. The second-order valence-electron chi connectivity index (χ2n) is 9.88. The van der Waals surface area contributed by atoms with Crippen LogP contribution in [0.2, 0.25) is 0 Å². The average molecular weight is 515 g/mol. The van der Waals surface area contributed by atoms with Crippen LogP contribution in [0.1, 0.15) is 60.5 Å². The molecule has 0 heterocycles. The van der Waals surface area contributed by atoms with Crippen molar-refractivity contribution in [3.63, 3.8) is 0 Å². The number of hydrogen-bond acceptors (Lipinski definition) is 6. The smallest absolute Gasteiger partial charge is 0.217 e. The Labute approximate surface area is 223 Å². The number of aryl methyl sites for hydroxylation is 2. The van der Waals surface area contributed by atoms with Crippen LogP contribution in [0.15, 0.2) is 53.3 Å². The Morgan fingerprint density at radius 1 is 0.842 bits per heavy atom. The molecule has 0 aliphatic heterocycles. The topological polar surface area (TPSA) is 85.9 Å². The molecule has 2 aliphatic carbocycles. The van der Waals surface area contributed by atoms with Gasteiger partial charge >= 0.3 is 0 Å². The summed E-state index contributed by atoms with van der Waals surface area (Å²) in [6.45, 7) is 1.50. The van der Waals surface area contributed by atoms with Crippen molar-refractivity contribution in [1.29, 1.82) is 0 Å². The van der Waals surface area contributed by atoms with Crippen LogP contribution in [0.25, 0.3) is 11.1 Å². The molecular formula is C31H34N2O5. The molecule has 1 amide bonds.